The summed E-state index contributed by atoms with van der Waals surface area (Å²) in [5.41, 5.74) is 3.71. The van der Waals surface area contributed by atoms with Crippen LogP contribution in [0.1, 0.15) is 17.0 Å². The van der Waals surface area contributed by atoms with Crippen molar-refractivity contribution in [2.45, 2.75) is 17.8 Å². The second-order valence-electron chi connectivity index (χ2n) is 6.10. The second kappa shape index (κ2) is 8.16. The van der Waals surface area contributed by atoms with E-state index in [4.69, 9.17) is 4.74 Å². The molecule has 0 unspecified atom stereocenters. The van der Waals surface area contributed by atoms with Crippen LogP contribution in [0.15, 0.2) is 59.8 Å². The van der Waals surface area contributed by atoms with E-state index in [1.54, 1.807) is 16.5 Å². The van der Waals surface area contributed by atoms with Gasteiger partial charge in [0.1, 0.15) is 17.5 Å². The quantitative estimate of drug-likeness (QED) is 0.456. The van der Waals surface area contributed by atoms with Crippen LogP contribution in [-0.2, 0) is 5.75 Å². The van der Waals surface area contributed by atoms with Crippen molar-refractivity contribution < 1.29 is 4.74 Å². The maximum absolute atomic E-state index is 9.64. The van der Waals surface area contributed by atoms with Crippen LogP contribution in [0.25, 0.3) is 11.4 Å². The molecule has 8 nitrogen and oxygen atoms in total. The Bertz CT molecular complexity index is 1180. The highest BCUT2D eigenvalue weighted by molar-refractivity contribution is 7.98. The molecule has 0 bridgehead atoms. The van der Waals surface area contributed by atoms with E-state index in [0.29, 0.717) is 27.9 Å². The van der Waals surface area contributed by atoms with Crippen molar-refractivity contribution in [2.24, 2.45) is 0 Å². The molecule has 0 radical (unpaired) electrons. The summed E-state index contributed by atoms with van der Waals surface area (Å²) < 4.78 is 8.86. The number of aromatic nitrogens is 6. The van der Waals surface area contributed by atoms with Gasteiger partial charge in [-0.3, -0.25) is 0 Å². The Morgan fingerprint density at radius 3 is 2.59 bits per heavy atom. The Labute approximate surface area is 171 Å². The smallest absolute Gasteiger partial charge is 0.214 e. The first-order valence-corrected chi connectivity index (χ1v) is 9.80. The van der Waals surface area contributed by atoms with E-state index in [9.17, 15) is 5.26 Å². The molecule has 2 aromatic carbocycles. The molecule has 0 spiro atoms. The van der Waals surface area contributed by atoms with Gasteiger partial charge < -0.3 is 4.74 Å². The second-order valence-corrected chi connectivity index (χ2v) is 7.04. The molecule has 4 aromatic rings. The number of rotatable bonds is 6. The van der Waals surface area contributed by atoms with E-state index in [2.05, 4.69) is 26.7 Å². The minimum absolute atomic E-state index is 0.480. The zero-order valence-electron chi connectivity index (χ0n) is 15.9. The Morgan fingerprint density at radius 2 is 1.83 bits per heavy atom. The van der Waals surface area contributed by atoms with Gasteiger partial charge in [-0.2, -0.15) is 15.0 Å². The maximum Gasteiger partial charge on any atom is 0.214 e. The van der Waals surface area contributed by atoms with Gasteiger partial charge in [0, 0.05) is 5.75 Å². The van der Waals surface area contributed by atoms with Crippen molar-refractivity contribution in [1.29, 1.82) is 5.26 Å². The van der Waals surface area contributed by atoms with Gasteiger partial charge in [0.2, 0.25) is 5.16 Å². The number of hydrogen-bond donors (Lipinski definition) is 0. The van der Waals surface area contributed by atoms with Gasteiger partial charge in [0.25, 0.3) is 0 Å². The first-order valence-electron chi connectivity index (χ1n) is 8.81. The molecule has 0 fully saturated rings. The summed E-state index contributed by atoms with van der Waals surface area (Å²) in [7, 11) is 1.61. The lowest BCUT2D eigenvalue weighted by Crippen LogP contribution is -2.04. The summed E-state index contributed by atoms with van der Waals surface area (Å²) in [5, 5.41) is 26.9. The molecular formula is C20H17N7OS. The fraction of sp³-hybridized carbons (Fsp3) is 0.150. The summed E-state index contributed by atoms with van der Waals surface area (Å²) >= 11 is 1.43. The van der Waals surface area contributed by atoms with E-state index in [1.165, 1.54) is 11.8 Å². The molecule has 0 aliphatic heterocycles. The zero-order chi connectivity index (χ0) is 20.2. The summed E-state index contributed by atoms with van der Waals surface area (Å²) in [6, 6.07) is 19.5. The zero-order valence-corrected chi connectivity index (χ0v) is 16.7. The van der Waals surface area contributed by atoms with E-state index >= 15 is 0 Å². The van der Waals surface area contributed by atoms with Crippen molar-refractivity contribution in [3.05, 3.63) is 71.5 Å². The number of tetrazole rings is 1. The Balaban J connectivity index is 1.68. The van der Waals surface area contributed by atoms with Gasteiger partial charge in [-0.25, -0.2) is 4.68 Å². The number of aryl methyl sites for hydroxylation is 1. The molecule has 0 atom stereocenters. The van der Waals surface area contributed by atoms with Gasteiger partial charge in [-0.05, 0) is 41.6 Å². The Morgan fingerprint density at radius 1 is 1.07 bits per heavy atom. The predicted molar refractivity (Wildman–Crippen MR) is 108 cm³/mol. The molecule has 0 amide bonds. The van der Waals surface area contributed by atoms with Crippen LogP contribution in [0.2, 0.25) is 0 Å². The number of para-hydroxylation sites is 3. The average molecular weight is 403 g/mol. The molecule has 0 saturated heterocycles. The van der Waals surface area contributed by atoms with Crippen LogP contribution in [0.5, 0.6) is 5.75 Å². The third kappa shape index (κ3) is 3.58. The fourth-order valence-corrected chi connectivity index (χ4v) is 3.88. The summed E-state index contributed by atoms with van der Waals surface area (Å²) in [6.07, 6.45) is 0. The molecule has 0 aliphatic rings. The van der Waals surface area contributed by atoms with E-state index < -0.39 is 0 Å². The minimum atomic E-state index is 0.480. The highest BCUT2D eigenvalue weighted by atomic mass is 32.2. The number of nitrogens with zero attached hydrogens (tertiary/aromatic N) is 7. The summed E-state index contributed by atoms with van der Waals surface area (Å²) in [6.45, 7) is 1.84. The fourth-order valence-electron chi connectivity index (χ4n) is 2.99. The predicted octanol–water partition coefficient (Wildman–Crippen LogP) is 3.33. The summed E-state index contributed by atoms with van der Waals surface area (Å²) in [4.78, 5) is 0. The molecule has 2 heterocycles. The Kier molecular flexibility index (Phi) is 5.27. The van der Waals surface area contributed by atoms with Crippen LogP contribution in [0.4, 0.5) is 0 Å². The lowest BCUT2D eigenvalue weighted by atomic mass is 10.2. The topological polar surface area (TPSA) is 94.4 Å². The van der Waals surface area contributed by atoms with Crippen molar-refractivity contribution in [3.63, 3.8) is 0 Å². The van der Waals surface area contributed by atoms with Crippen molar-refractivity contribution in [1.82, 2.24) is 30.0 Å². The molecule has 29 heavy (non-hydrogen) atoms. The van der Waals surface area contributed by atoms with Crippen molar-refractivity contribution >= 4 is 11.8 Å². The summed E-state index contributed by atoms with van der Waals surface area (Å²) in [5.74, 6) is 1.15. The number of thioether (sulfide) groups is 1. The number of benzene rings is 2. The largest absolute Gasteiger partial charge is 0.494 e. The standard InChI is InChI=1S/C20H17N7OS/c1-14-16(12-21)18(26(23-14)15-8-4-3-5-9-15)13-29-20-22-24-25-27(20)17-10-6-7-11-19(17)28-2/h3-11H,13H2,1-2H3. The van der Waals surface area contributed by atoms with E-state index in [1.807, 2.05) is 61.5 Å². The molecule has 144 valence electrons. The normalized spacial score (nSPS) is 10.7. The minimum Gasteiger partial charge on any atom is -0.494 e. The lowest BCUT2D eigenvalue weighted by molar-refractivity contribution is 0.410. The van der Waals surface area contributed by atoms with Crippen LogP contribution in [-0.4, -0.2) is 37.1 Å². The highest BCUT2D eigenvalue weighted by Gasteiger charge is 2.19. The maximum atomic E-state index is 9.64. The first kappa shape index (κ1) is 18.7. The molecule has 4 rings (SSSR count). The van der Waals surface area contributed by atoms with Crippen LogP contribution < -0.4 is 4.74 Å². The molecule has 9 heteroatoms. The number of methoxy groups -OCH3 is 1. The third-order valence-corrected chi connectivity index (χ3v) is 5.29. The Hall–Kier alpha value is -3.64. The van der Waals surface area contributed by atoms with Crippen LogP contribution in [0.3, 0.4) is 0 Å². The number of nitriles is 1. The highest BCUT2D eigenvalue weighted by Crippen LogP contribution is 2.29. The molecule has 0 saturated carbocycles. The van der Waals surface area contributed by atoms with Gasteiger partial charge in [-0.15, -0.1) is 5.10 Å². The van der Waals surface area contributed by atoms with Crippen LogP contribution in [0, 0.1) is 18.3 Å². The number of hydrogen-bond acceptors (Lipinski definition) is 7. The van der Waals surface area contributed by atoms with Gasteiger partial charge in [0.15, 0.2) is 0 Å². The van der Waals surface area contributed by atoms with E-state index in [-0.39, 0.29) is 0 Å². The van der Waals surface area contributed by atoms with Gasteiger partial charge in [-0.1, -0.05) is 42.1 Å². The molecular weight excluding hydrogens is 386 g/mol. The van der Waals surface area contributed by atoms with Gasteiger partial charge in [0.05, 0.1) is 29.7 Å². The van der Waals surface area contributed by atoms with Gasteiger partial charge >= 0.3 is 0 Å². The first-order chi connectivity index (χ1) is 14.2. The van der Waals surface area contributed by atoms with E-state index in [0.717, 1.165) is 17.1 Å². The van der Waals surface area contributed by atoms with Crippen molar-refractivity contribution in [3.8, 4) is 23.2 Å². The lowest BCUT2D eigenvalue weighted by Gasteiger charge is -2.10. The van der Waals surface area contributed by atoms with Crippen molar-refractivity contribution in [2.75, 3.05) is 7.11 Å². The molecule has 0 N–H and O–H groups in total. The number of ether oxygens (including phenoxy) is 1. The van der Waals surface area contributed by atoms with Crippen LogP contribution >= 0.6 is 11.8 Å². The monoisotopic (exact) mass is 403 g/mol. The third-order valence-electron chi connectivity index (χ3n) is 4.36. The average Bonchev–Trinajstić information content (AvgIpc) is 3.36. The molecule has 2 aromatic heterocycles. The SMILES string of the molecule is COc1ccccc1-n1nnnc1SCc1c(C#N)c(C)nn1-c1ccccc1. The molecule has 0 aliphatic carbocycles.